The first-order valence-electron chi connectivity index (χ1n) is 5.79. The number of anilines is 1. The van der Waals surface area contributed by atoms with Crippen LogP contribution < -0.4 is 4.72 Å². The molecule has 0 heterocycles. The van der Waals surface area contributed by atoms with E-state index < -0.39 is 10.2 Å². The van der Waals surface area contributed by atoms with Crippen LogP contribution in [0.1, 0.15) is 17.5 Å². The number of nitrogens with zero attached hydrogens (tertiary/aromatic N) is 1. The third-order valence-electron chi connectivity index (χ3n) is 2.66. The molecule has 1 aromatic carbocycles. The molecular weight excluding hydrogens is 252 g/mol. The minimum atomic E-state index is -3.55. The Morgan fingerprint density at radius 1 is 1.33 bits per heavy atom. The number of aryl methyl sites for hydroxylation is 2. The molecule has 102 valence electrons. The van der Waals surface area contributed by atoms with Crippen molar-refractivity contribution in [3.05, 3.63) is 29.3 Å². The molecule has 18 heavy (non-hydrogen) atoms. The van der Waals surface area contributed by atoms with Gasteiger partial charge in [0.25, 0.3) is 0 Å². The number of rotatable bonds is 6. The van der Waals surface area contributed by atoms with E-state index in [2.05, 4.69) is 4.72 Å². The monoisotopic (exact) mass is 272 g/mol. The number of benzene rings is 1. The third-order valence-corrected chi connectivity index (χ3v) is 4.14. The van der Waals surface area contributed by atoms with E-state index in [1.807, 2.05) is 26.0 Å². The van der Waals surface area contributed by atoms with E-state index in [1.165, 1.54) is 11.4 Å². The smallest absolute Gasteiger partial charge is 0.301 e. The summed E-state index contributed by atoms with van der Waals surface area (Å²) in [5.41, 5.74) is 2.55. The Kier molecular flexibility index (Phi) is 5.13. The van der Waals surface area contributed by atoms with E-state index in [4.69, 9.17) is 5.11 Å². The Balaban J connectivity index is 2.82. The summed E-state index contributed by atoms with van der Waals surface area (Å²) in [4.78, 5) is 0. The summed E-state index contributed by atoms with van der Waals surface area (Å²) >= 11 is 0. The van der Waals surface area contributed by atoms with Crippen molar-refractivity contribution in [2.24, 2.45) is 0 Å². The van der Waals surface area contributed by atoms with Crippen molar-refractivity contribution in [2.45, 2.75) is 20.3 Å². The van der Waals surface area contributed by atoms with E-state index in [9.17, 15) is 8.42 Å². The van der Waals surface area contributed by atoms with Gasteiger partial charge in [0.15, 0.2) is 0 Å². The fourth-order valence-electron chi connectivity index (χ4n) is 1.56. The highest BCUT2D eigenvalue weighted by molar-refractivity contribution is 7.90. The first kappa shape index (κ1) is 14.9. The number of aliphatic hydroxyl groups is 1. The quantitative estimate of drug-likeness (QED) is 0.819. The van der Waals surface area contributed by atoms with Crippen LogP contribution in [0.3, 0.4) is 0 Å². The fourth-order valence-corrected chi connectivity index (χ4v) is 2.59. The van der Waals surface area contributed by atoms with Crippen molar-refractivity contribution in [3.8, 4) is 0 Å². The zero-order valence-corrected chi connectivity index (χ0v) is 11.8. The molecule has 0 aromatic heterocycles. The van der Waals surface area contributed by atoms with Gasteiger partial charge in [-0.25, -0.2) is 0 Å². The van der Waals surface area contributed by atoms with E-state index in [1.54, 1.807) is 6.07 Å². The largest absolute Gasteiger partial charge is 0.396 e. The van der Waals surface area contributed by atoms with Crippen LogP contribution in [0.4, 0.5) is 5.69 Å². The van der Waals surface area contributed by atoms with Crippen LogP contribution in [0, 0.1) is 13.8 Å². The molecule has 0 bridgehead atoms. The Morgan fingerprint density at radius 2 is 2.00 bits per heavy atom. The maximum atomic E-state index is 12.0. The summed E-state index contributed by atoms with van der Waals surface area (Å²) in [5, 5.41) is 8.70. The molecule has 0 atom stereocenters. The molecule has 0 radical (unpaired) electrons. The predicted molar refractivity (Wildman–Crippen MR) is 72.8 cm³/mol. The Bertz CT molecular complexity index is 500. The van der Waals surface area contributed by atoms with Crippen molar-refractivity contribution in [1.82, 2.24) is 4.31 Å². The topological polar surface area (TPSA) is 69.6 Å². The van der Waals surface area contributed by atoms with Gasteiger partial charge >= 0.3 is 10.2 Å². The summed E-state index contributed by atoms with van der Waals surface area (Å²) in [7, 11) is -2.06. The first-order chi connectivity index (χ1) is 8.36. The van der Waals surface area contributed by atoms with Crippen molar-refractivity contribution in [2.75, 3.05) is 24.9 Å². The second-order valence-electron chi connectivity index (χ2n) is 4.32. The lowest BCUT2D eigenvalue weighted by Gasteiger charge is -2.19. The molecule has 0 aliphatic heterocycles. The van der Waals surface area contributed by atoms with Crippen LogP contribution >= 0.6 is 0 Å². The molecule has 0 saturated carbocycles. The van der Waals surface area contributed by atoms with Crippen molar-refractivity contribution in [1.29, 1.82) is 0 Å². The average molecular weight is 272 g/mol. The molecule has 6 heteroatoms. The molecule has 1 rings (SSSR count). The van der Waals surface area contributed by atoms with Gasteiger partial charge in [-0.15, -0.1) is 0 Å². The Morgan fingerprint density at radius 3 is 2.56 bits per heavy atom. The van der Waals surface area contributed by atoms with Crippen molar-refractivity contribution >= 4 is 15.9 Å². The zero-order valence-electron chi connectivity index (χ0n) is 11.0. The van der Waals surface area contributed by atoms with Gasteiger partial charge in [0.05, 0.1) is 5.69 Å². The summed E-state index contributed by atoms with van der Waals surface area (Å²) in [6.07, 6.45) is 0.421. The second-order valence-corrected chi connectivity index (χ2v) is 6.10. The van der Waals surface area contributed by atoms with E-state index >= 15 is 0 Å². The first-order valence-corrected chi connectivity index (χ1v) is 7.23. The fraction of sp³-hybridized carbons (Fsp3) is 0.500. The molecule has 0 aliphatic carbocycles. The maximum absolute atomic E-state index is 12.0. The van der Waals surface area contributed by atoms with Crippen LogP contribution in [0.15, 0.2) is 18.2 Å². The van der Waals surface area contributed by atoms with E-state index in [0.717, 1.165) is 11.1 Å². The molecule has 0 saturated heterocycles. The molecular formula is C12H20N2O3S. The number of nitrogens with one attached hydrogen (secondary N) is 1. The van der Waals surface area contributed by atoms with Crippen molar-refractivity contribution < 1.29 is 13.5 Å². The number of hydrogen-bond donors (Lipinski definition) is 2. The van der Waals surface area contributed by atoms with Crippen LogP contribution in [0.5, 0.6) is 0 Å². The van der Waals surface area contributed by atoms with Crippen LogP contribution in [0.25, 0.3) is 0 Å². The molecule has 2 N–H and O–H groups in total. The van der Waals surface area contributed by atoms with Gasteiger partial charge in [0.1, 0.15) is 0 Å². The minimum Gasteiger partial charge on any atom is -0.396 e. The molecule has 0 amide bonds. The number of hydrogen-bond acceptors (Lipinski definition) is 3. The number of aliphatic hydroxyl groups excluding tert-OH is 1. The molecule has 0 unspecified atom stereocenters. The van der Waals surface area contributed by atoms with Gasteiger partial charge in [0.2, 0.25) is 0 Å². The molecule has 0 spiro atoms. The average Bonchev–Trinajstić information content (AvgIpc) is 2.29. The zero-order chi connectivity index (χ0) is 13.8. The van der Waals surface area contributed by atoms with Crippen LogP contribution in [-0.2, 0) is 10.2 Å². The van der Waals surface area contributed by atoms with E-state index in [-0.39, 0.29) is 13.2 Å². The summed E-state index contributed by atoms with van der Waals surface area (Å²) in [6.45, 7) is 4.08. The van der Waals surface area contributed by atoms with Gasteiger partial charge in [-0.2, -0.15) is 12.7 Å². The van der Waals surface area contributed by atoms with Crippen LogP contribution in [-0.4, -0.2) is 38.0 Å². The Labute approximate surface area is 109 Å². The normalized spacial score (nSPS) is 11.8. The highest BCUT2D eigenvalue weighted by Gasteiger charge is 2.17. The predicted octanol–water partition coefficient (Wildman–Crippen LogP) is 1.27. The third kappa shape index (κ3) is 3.97. The molecule has 5 nitrogen and oxygen atoms in total. The van der Waals surface area contributed by atoms with E-state index in [0.29, 0.717) is 12.1 Å². The SMILES string of the molecule is Cc1ccc(NS(=O)(=O)N(C)CCCO)c(C)c1. The highest BCUT2D eigenvalue weighted by Crippen LogP contribution is 2.18. The van der Waals surface area contributed by atoms with Gasteiger partial charge in [0, 0.05) is 20.2 Å². The lowest BCUT2D eigenvalue weighted by atomic mass is 10.1. The molecule has 0 fully saturated rings. The standard InChI is InChI=1S/C12H20N2O3S/c1-10-5-6-12(11(2)9-10)13-18(16,17)14(3)7-4-8-15/h5-6,9,13,15H,4,7-8H2,1-3H3. The Hall–Kier alpha value is -1.11. The van der Waals surface area contributed by atoms with Gasteiger partial charge in [-0.05, 0) is 31.9 Å². The summed E-state index contributed by atoms with van der Waals surface area (Å²) in [6, 6.07) is 5.53. The van der Waals surface area contributed by atoms with Gasteiger partial charge < -0.3 is 5.11 Å². The van der Waals surface area contributed by atoms with Gasteiger partial charge in [-0.1, -0.05) is 17.7 Å². The second kappa shape index (κ2) is 6.17. The summed E-state index contributed by atoms with van der Waals surface area (Å²) < 4.78 is 27.7. The van der Waals surface area contributed by atoms with Crippen LogP contribution in [0.2, 0.25) is 0 Å². The summed E-state index contributed by atoms with van der Waals surface area (Å²) in [5.74, 6) is 0. The lowest BCUT2D eigenvalue weighted by Crippen LogP contribution is -2.33. The highest BCUT2D eigenvalue weighted by atomic mass is 32.2. The van der Waals surface area contributed by atoms with Gasteiger partial charge in [-0.3, -0.25) is 4.72 Å². The minimum absolute atomic E-state index is 0.0244. The maximum Gasteiger partial charge on any atom is 0.301 e. The lowest BCUT2D eigenvalue weighted by molar-refractivity contribution is 0.276. The van der Waals surface area contributed by atoms with Crippen molar-refractivity contribution in [3.63, 3.8) is 0 Å². The molecule has 1 aromatic rings. The molecule has 0 aliphatic rings.